The van der Waals surface area contributed by atoms with Crippen molar-refractivity contribution in [2.45, 2.75) is 39.0 Å². The van der Waals surface area contributed by atoms with Gasteiger partial charge in [-0.2, -0.15) is 0 Å². The Balaban J connectivity index is 1.85. The number of amides is 2. The Morgan fingerprint density at radius 2 is 2.30 bits per heavy atom. The molecular weight excluding hydrogens is 258 g/mol. The average molecular weight is 279 g/mol. The molecule has 1 aliphatic carbocycles. The van der Waals surface area contributed by atoms with Crippen molar-refractivity contribution in [3.05, 3.63) is 12.3 Å². The van der Waals surface area contributed by atoms with Crippen LogP contribution in [-0.4, -0.2) is 35.0 Å². The number of hydrogen-bond acceptors (Lipinski definition) is 4. The van der Waals surface area contributed by atoms with Gasteiger partial charge in [0, 0.05) is 19.0 Å². The van der Waals surface area contributed by atoms with E-state index in [4.69, 9.17) is 0 Å². The van der Waals surface area contributed by atoms with Gasteiger partial charge in [-0.05, 0) is 25.2 Å². The first-order chi connectivity index (χ1) is 9.69. The Labute approximate surface area is 118 Å². The molecule has 0 aromatic carbocycles. The molecule has 1 aromatic rings. The molecule has 2 rings (SSSR count). The van der Waals surface area contributed by atoms with Crippen LogP contribution in [-0.2, 0) is 9.59 Å². The normalized spacial score (nSPS) is 14.1. The van der Waals surface area contributed by atoms with E-state index in [9.17, 15) is 9.59 Å². The van der Waals surface area contributed by atoms with Crippen LogP contribution < -0.4 is 5.32 Å². The number of carbonyl (C=O) groups is 2. The van der Waals surface area contributed by atoms with Crippen LogP contribution in [0.3, 0.4) is 0 Å². The van der Waals surface area contributed by atoms with Crippen LogP contribution in [0.1, 0.15) is 39.0 Å². The van der Waals surface area contributed by atoms with Crippen molar-refractivity contribution in [2.75, 3.05) is 18.4 Å². The number of rotatable bonds is 8. The second-order valence-electron chi connectivity index (χ2n) is 5.25. The Morgan fingerprint density at radius 1 is 1.50 bits per heavy atom. The number of nitrogens with one attached hydrogen (secondary N) is 1. The molecular formula is C14H21N3O3. The molecule has 1 aromatic heterocycles. The number of nitrogens with zero attached hydrogens (tertiary/aromatic N) is 2. The Hall–Kier alpha value is -1.85. The van der Waals surface area contributed by atoms with Gasteiger partial charge in [0.05, 0.1) is 6.54 Å². The van der Waals surface area contributed by atoms with Gasteiger partial charge in [-0.25, -0.2) is 0 Å². The first-order valence-electron chi connectivity index (χ1n) is 7.17. The Morgan fingerprint density at radius 3 is 2.90 bits per heavy atom. The van der Waals surface area contributed by atoms with Crippen molar-refractivity contribution in [2.24, 2.45) is 5.92 Å². The molecule has 0 radical (unpaired) electrons. The molecule has 0 aliphatic heterocycles. The first kappa shape index (κ1) is 14.6. The van der Waals surface area contributed by atoms with Gasteiger partial charge in [0.15, 0.2) is 5.82 Å². The standard InChI is InChI=1S/C14H21N3O3/c1-2-3-4-14(19)17(9-11-5-6-11)10-13(18)15-12-7-8-20-16-12/h7-8,11H,2-6,9-10H2,1H3,(H,15,16,18). The number of unbranched alkanes of at least 4 members (excludes halogenated alkanes) is 1. The van der Waals surface area contributed by atoms with Crippen molar-refractivity contribution >= 4 is 17.6 Å². The van der Waals surface area contributed by atoms with Gasteiger partial charge in [0.2, 0.25) is 11.8 Å². The topological polar surface area (TPSA) is 75.4 Å². The van der Waals surface area contributed by atoms with E-state index < -0.39 is 0 Å². The fourth-order valence-electron chi connectivity index (χ4n) is 1.99. The zero-order valence-corrected chi connectivity index (χ0v) is 11.8. The highest BCUT2D eigenvalue weighted by Gasteiger charge is 2.27. The molecule has 20 heavy (non-hydrogen) atoms. The summed E-state index contributed by atoms with van der Waals surface area (Å²) in [5.74, 6) is 0.779. The highest BCUT2D eigenvalue weighted by Crippen LogP contribution is 2.29. The summed E-state index contributed by atoms with van der Waals surface area (Å²) in [6, 6.07) is 1.57. The zero-order valence-electron chi connectivity index (χ0n) is 11.8. The minimum Gasteiger partial charge on any atom is -0.363 e. The van der Waals surface area contributed by atoms with Gasteiger partial charge in [0.25, 0.3) is 0 Å². The Kier molecular flexibility index (Phi) is 5.15. The van der Waals surface area contributed by atoms with Crippen molar-refractivity contribution < 1.29 is 14.1 Å². The summed E-state index contributed by atoms with van der Waals surface area (Å²) in [5.41, 5.74) is 0. The summed E-state index contributed by atoms with van der Waals surface area (Å²) < 4.78 is 4.65. The van der Waals surface area contributed by atoms with Crippen LogP contribution in [0.15, 0.2) is 16.9 Å². The SMILES string of the molecule is CCCCC(=O)N(CC(=O)Nc1ccon1)CC1CC1. The minimum atomic E-state index is -0.232. The number of hydrogen-bond donors (Lipinski definition) is 1. The molecule has 6 heteroatoms. The summed E-state index contributed by atoms with van der Waals surface area (Å²) >= 11 is 0. The molecule has 0 bridgehead atoms. The van der Waals surface area contributed by atoms with Gasteiger partial charge in [-0.3, -0.25) is 9.59 Å². The first-order valence-corrected chi connectivity index (χ1v) is 7.17. The largest absolute Gasteiger partial charge is 0.363 e. The van der Waals surface area contributed by atoms with Crippen LogP contribution >= 0.6 is 0 Å². The van der Waals surface area contributed by atoms with Gasteiger partial charge in [0.1, 0.15) is 6.26 Å². The van der Waals surface area contributed by atoms with Crippen LogP contribution in [0.5, 0.6) is 0 Å². The summed E-state index contributed by atoms with van der Waals surface area (Å²) in [6.45, 7) is 2.83. The molecule has 0 atom stereocenters. The molecule has 0 saturated heterocycles. The fourth-order valence-corrected chi connectivity index (χ4v) is 1.99. The fraction of sp³-hybridized carbons (Fsp3) is 0.643. The lowest BCUT2D eigenvalue weighted by Crippen LogP contribution is -2.39. The summed E-state index contributed by atoms with van der Waals surface area (Å²) in [7, 11) is 0. The Bertz CT molecular complexity index is 441. The second-order valence-corrected chi connectivity index (χ2v) is 5.25. The van der Waals surface area contributed by atoms with Crippen molar-refractivity contribution in [3.63, 3.8) is 0 Å². The van der Waals surface area contributed by atoms with Crippen molar-refractivity contribution in [1.82, 2.24) is 10.1 Å². The summed E-state index contributed by atoms with van der Waals surface area (Å²) in [5, 5.41) is 6.24. The minimum absolute atomic E-state index is 0.0639. The predicted molar refractivity (Wildman–Crippen MR) is 74.0 cm³/mol. The average Bonchev–Trinajstić information content (AvgIpc) is 3.10. The van der Waals surface area contributed by atoms with E-state index in [1.165, 1.54) is 6.26 Å². The summed E-state index contributed by atoms with van der Waals surface area (Å²) in [6.07, 6.45) is 6.06. The highest BCUT2D eigenvalue weighted by atomic mass is 16.5. The molecule has 1 heterocycles. The molecule has 6 nitrogen and oxygen atoms in total. The van der Waals surface area contributed by atoms with Crippen LogP contribution in [0.4, 0.5) is 5.82 Å². The van der Waals surface area contributed by atoms with E-state index in [0.29, 0.717) is 24.7 Å². The van der Waals surface area contributed by atoms with E-state index in [0.717, 1.165) is 25.7 Å². The van der Waals surface area contributed by atoms with Crippen LogP contribution in [0.2, 0.25) is 0 Å². The van der Waals surface area contributed by atoms with E-state index in [1.807, 2.05) is 0 Å². The third-order valence-corrected chi connectivity index (χ3v) is 3.31. The van der Waals surface area contributed by atoms with E-state index in [-0.39, 0.29) is 18.4 Å². The van der Waals surface area contributed by atoms with E-state index >= 15 is 0 Å². The lowest BCUT2D eigenvalue weighted by Gasteiger charge is -2.21. The molecule has 110 valence electrons. The van der Waals surface area contributed by atoms with Crippen molar-refractivity contribution in [3.8, 4) is 0 Å². The molecule has 1 fully saturated rings. The lowest BCUT2D eigenvalue weighted by molar-refractivity contribution is -0.135. The lowest BCUT2D eigenvalue weighted by atomic mass is 10.2. The maximum atomic E-state index is 12.1. The third-order valence-electron chi connectivity index (χ3n) is 3.31. The van der Waals surface area contributed by atoms with Gasteiger partial charge < -0.3 is 14.7 Å². The zero-order chi connectivity index (χ0) is 14.4. The molecule has 0 spiro atoms. The van der Waals surface area contributed by atoms with E-state index in [1.54, 1.807) is 11.0 Å². The molecule has 0 unspecified atom stereocenters. The smallest absolute Gasteiger partial charge is 0.245 e. The molecule has 1 saturated carbocycles. The number of anilines is 1. The quantitative estimate of drug-likeness (QED) is 0.790. The van der Waals surface area contributed by atoms with Gasteiger partial charge >= 0.3 is 0 Å². The maximum Gasteiger partial charge on any atom is 0.245 e. The monoisotopic (exact) mass is 279 g/mol. The predicted octanol–water partition coefficient (Wildman–Crippen LogP) is 2.04. The van der Waals surface area contributed by atoms with Crippen molar-refractivity contribution in [1.29, 1.82) is 0 Å². The molecule has 2 amide bonds. The number of carbonyl (C=O) groups excluding carboxylic acids is 2. The molecule has 1 aliphatic rings. The van der Waals surface area contributed by atoms with Crippen LogP contribution in [0, 0.1) is 5.92 Å². The third kappa shape index (κ3) is 4.68. The number of aromatic nitrogens is 1. The van der Waals surface area contributed by atoms with Crippen LogP contribution in [0.25, 0.3) is 0 Å². The second kappa shape index (κ2) is 7.07. The molecule has 1 N–H and O–H groups in total. The highest BCUT2D eigenvalue weighted by molar-refractivity contribution is 5.93. The van der Waals surface area contributed by atoms with Gasteiger partial charge in [-0.1, -0.05) is 18.5 Å². The summed E-state index contributed by atoms with van der Waals surface area (Å²) in [4.78, 5) is 25.7. The van der Waals surface area contributed by atoms with E-state index in [2.05, 4.69) is 21.9 Å². The maximum absolute atomic E-state index is 12.1. The van der Waals surface area contributed by atoms with Gasteiger partial charge in [-0.15, -0.1) is 0 Å².